The summed E-state index contributed by atoms with van der Waals surface area (Å²) in [4.78, 5) is 17.5. The van der Waals surface area contributed by atoms with E-state index in [0.29, 0.717) is 20.9 Å². The Morgan fingerprint density at radius 3 is 2.57 bits per heavy atom. The van der Waals surface area contributed by atoms with Crippen molar-refractivity contribution in [3.8, 4) is 11.6 Å². The van der Waals surface area contributed by atoms with E-state index in [1.807, 2.05) is 30.3 Å². The number of methoxy groups -OCH3 is 1. The molecule has 8 heteroatoms. The smallest absolute Gasteiger partial charge is 0.329 e. The first-order valence-electron chi connectivity index (χ1n) is 9.36. The van der Waals surface area contributed by atoms with Gasteiger partial charge in [0.2, 0.25) is 5.88 Å². The minimum Gasteiger partial charge on any atom is -0.497 e. The number of carbonyl (C=O) groups is 1. The van der Waals surface area contributed by atoms with Gasteiger partial charge in [-0.15, -0.1) is 0 Å². The maximum absolute atomic E-state index is 12.7. The summed E-state index contributed by atoms with van der Waals surface area (Å²) in [6, 6.07) is 16.0. The number of benzene rings is 2. The highest BCUT2D eigenvalue weighted by molar-refractivity contribution is 7.73. The third-order valence-electron chi connectivity index (χ3n) is 4.39. The summed E-state index contributed by atoms with van der Waals surface area (Å²) in [5.41, 5.74) is 1.64. The summed E-state index contributed by atoms with van der Waals surface area (Å²) < 4.78 is 12.2. The van der Waals surface area contributed by atoms with Gasteiger partial charge in [-0.3, -0.25) is 9.56 Å². The molecule has 3 rings (SSSR count). The molecule has 2 aromatic carbocycles. The summed E-state index contributed by atoms with van der Waals surface area (Å²) in [5, 5.41) is 10.8. The molecular formula is C22H22N2O4S2. The number of carbonyl (C=O) groups excluding carboxylic acids is 1. The van der Waals surface area contributed by atoms with Gasteiger partial charge in [0, 0.05) is 6.42 Å². The second-order valence-corrected chi connectivity index (χ2v) is 8.02. The average Bonchev–Trinajstić information content (AvgIpc) is 3.05. The predicted molar refractivity (Wildman–Crippen MR) is 121 cm³/mol. The fraction of sp³-hybridized carbons (Fsp3) is 0.227. The Balaban J connectivity index is 1.92. The minimum absolute atomic E-state index is 0.101. The molecule has 1 N–H and O–H groups in total. The highest BCUT2D eigenvalue weighted by Gasteiger charge is 2.27. The quantitative estimate of drug-likeness (QED) is 0.299. The number of aromatic hydroxyl groups is 1. The molecule has 0 unspecified atom stereocenters. The predicted octanol–water partition coefficient (Wildman–Crippen LogP) is 5.09. The number of aliphatic imine (C=N–C) groups is 1. The zero-order valence-corrected chi connectivity index (χ0v) is 18.3. The largest absolute Gasteiger partial charge is 0.497 e. The fourth-order valence-electron chi connectivity index (χ4n) is 2.91. The van der Waals surface area contributed by atoms with Crippen LogP contribution >= 0.6 is 23.6 Å². The molecule has 0 aliphatic carbocycles. The maximum Gasteiger partial charge on any atom is 0.329 e. The first kappa shape index (κ1) is 21.7. The summed E-state index contributed by atoms with van der Waals surface area (Å²) in [6.45, 7) is 1.99. The lowest BCUT2D eigenvalue weighted by molar-refractivity contribution is -0.147. The number of hydrogen-bond acceptors (Lipinski definition) is 7. The molecule has 0 aliphatic rings. The molecule has 1 aromatic heterocycles. The first-order valence-corrected chi connectivity index (χ1v) is 10.6. The van der Waals surface area contributed by atoms with Crippen LogP contribution in [-0.4, -0.2) is 35.6 Å². The number of rotatable bonds is 8. The molecule has 30 heavy (non-hydrogen) atoms. The minimum atomic E-state index is -0.765. The Morgan fingerprint density at radius 1 is 1.23 bits per heavy atom. The Kier molecular flexibility index (Phi) is 7.37. The fourth-order valence-corrected chi connectivity index (χ4v) is 4.19. The van der Waals surface area contributed by atoms with Gasteiger partial charge in [-0.2, -0.15) is 0 Å². The van der Waals surface area contributed by atoms with Gasteiger partial charge in [0.05, 0.1) is 25.6 Å². The molecule has 0 radical (unpaired) electrons. The number of ether oxygens (including phenoxy) is 2. The molecule has 0 amide bonds. The van der Waals surface area contributed by atoms with Crippen molar-refractivity contribution in [3.63, 3.8) is 0 Å². The zero-order valence-electron chi connectivity index (χ0n) is 16.6. The number of aromatic nitrogens is 1. The van der Waals surface area contributed by atoms with Crippen molar-refractivity contribution in [3.05, 3.63) is 69.0 Å². The average molecular weight is 443 g/mol. The van der Waals surface area contributed by atoms with Crippen LogP contribution in [-0.2, 0) is 16.0 Å². The zero-order chi connectivity index (χ0) is 21.5. The van der Waals surface area contributed by atoms with Gasteiger partial charge in [-0.1, -0.05) is 41.7 Å². The normalized spacial score (nSPS) is 12.1. The van der Waals surface area contributed by atoms with E-state index in [0.717, 1.165) is 11.3 Å². The molecule has 1 heterocycles. The molecule has 156 valence electrons. The number of thiazole rings is 1. The van der Waals surface area contributed by atoms with Gasteiger partial charge in [0.1, 0.15) is 16.7 Å². The Morgan fingerprint density at radius 2 is 1.93 bits per heavy atom. The molecule has 0 fully saturated rings. The Hall–Kier alpha value is -2.97. The number of esters is 1. The molecule has 6 nitrogen and oxygen atoms in total. The van der Waals surface area contributed by atoms with Crippen molar-refractivity contribution >= 4 is 41.4 Å². The highest BCUT2D eigenvalue weighted by Crippen LogP contribution is 2.31. The third-order valence-corrected chi connectivity index (χ3v) is 5.71. The lowest BCUT2D eigenvalue weighted by Crippen LogP contribution is -2.24. The molecule has 0 spiro atoms. The van der Waals surface area contributed by atoms with Gasteiger partial charge in [0.15, 0.2) is 3.95 Å². The van der Waals surface area contributed by atoms with Crippen molar-refractivity contribution in [2.75, 3.05) is 13.7 Å². The monoisotopic (exact) mass is 442 g/mol. The van der Waals surface area contributed by atoms with Crippen LogP contribution in [0.15, 0.2) is 59.6 Å². The first-order chi connectivity index (χ1) is 14.5. The number of hydrogen-bond donors (Lipinski definition) is 1. The van der Waals surface area contributed by atoms with Crippen molar-refractivity contribution in [2.45, 2.75) is 19.4 Å². The van der Waals surface area contributed by atoms with E-state index < -0.39 is 12.0 Å². The second kappa shape index (κ2) is 10.2. The summed E-state index contributed by atoms with van der Waals surface area (Å²) >= 11 is 6.64. The maximum atomic E-state index is 12.7. The van der Waals surface area contributed by atoms with Crippen LogP contribution in [0, 0.1) is 3.95 Å². The van der Waals surface area contributed by atoms with E-state index in [-0.39, 0.29) is 12.5 Å². The number of nitrogens with zero attached hydrogens (tertiary/aromatic N) is 2. The van der Waals surface area contributed by atoms with E-state index >= 15 is 0 Å². The molecule has 0 aliphatic heterocycles. The van der Waals surface area contributed by atoms with E-state index in [4.69, 9.17) is 21.7 Å². The molecule has 0 saturated carbocycles. The van der Waals surface area contributed by atoms with Gasteiger partial charge in [-0.25, -0.2) is 4.79 Å². The standard InChI is InChI=1S/C22H22N2O4S2/c1-3-28-21(26)18(13-15-7-5-4-6-8-15)24-20(25)19(30-22(24)29)14-23-16-9-11-17(27-2)12-10-16/h4-12,14,18,25H,3,13H2,1-2H3/t18-/m1/s1. The van der Waals surface area contributed by atoms with Crippen LogP contribution in [0.25, 0.3) is 0 Å². The van der Waals surface area contributed by atoms with Gasteiger partial charge < -0.3 is 14.6 Å². The summed E-state index contributed by atoms with van der Waals surface area (Å²) in [7, 11) is 1.60. The third kappa shape index (κ3) is 5.14. The molecule has 0 saturated heterocycles. The van der Waals surface area contributed by atoms with E-state index in [2.05, 4.69) is 4.99 Å². The van der Waals surface area contributed by atoms with Crippen molar-refractivity contribution in [2.24, 2.45) is 4.99 Å². The molecule has 3 aromatic rings. The lowest BCUT2D eigenvalue weighted by atomic mass is 10.1. The molecule has 1 atom stereocenters. The van der Waals surface area contributed by atoms with Gasteiger partial charge in [-0.05, 0) is 49.0 Å². The lowest BCUT2D eigenvalue weighted by Gasteiger charge is -2.18. The van der Waals surface area contributed by atoms with E-state index in [9.17, 15) is 9.90 Å². The van der Waals surface area contributed by atoms with E-state index in [1.165, 1.54) is 15.9 Å². The van der Waals surface area contributed by atoms with Crippen LogP contribution in [0.1, 0.15) is 23.4 Å². The van der Waals surface area contributed by atoms with Crippen molar-refractivity contribution < 1.29 is 19.4 Å². The van der Waals surface area contributed by atoms with Crippen LogP contribution in [0.2, 0.25) is 0 Å². The van der Waals surface area contributed by atoms with Crippen LogP contribution in [0.4, 0.5) is 5.69 Å². The van der Waals surface area contributed by atoms with E-state index in [1.54, 1.807) is 44.5 Å². The van der Waals surface area contributed by atoms with Crippen LogP contribution < -0.4 is 4.74 Å². The van der Waals surface area contributed by atoms with Crippen molar-refractivity contribution in [1.29, 1.82) is 0 Å². The molecule has 0 bridgehead atoms. The highest BCUT2D eigenvalue weighted by atomic mass is 32.1. The van der Waals surface area contributed by atoms with Crippen molar-refractivity contribution in [1.82, 2.24) is 4.57 Å². The topological polar surface area (TPSA) is 73.0 Å². The van der Waals surface area contributed by atoms with Crippen LogP contribution in [0.3, 0.4) is 0 Å². The summed E-state index contributed by atoms with van der Waals surface area (Å²) in [6.07, 6.45) is 1.90. The molecular weight excluding hydrogens is 420 g/mol. The Labute approximate surface area is 184 Å². The van der Waals surface area contributed by atoms with Gasteiger partial charge >= 0.3 is 5.97 Å². The second-order valence-electron chi connectivity index (χ2n) is 6.34. The van der Waals surface area contributed by atoms with Crippen LogP contribution in [0.5, 0.6) is 11.6 Å². The summed E-state index contributed by atoms with van der Waals surface area (Å²) in [5.74, 6) is 0.192. The van der Waals surface area contributed by atoms with Gasteiger partial charge in [0.25, 0.3) is 0 Å². The SMILES string of the molecule is CCOC(=O)[C@@H](Cc1ccccc1)n1c(O)c(C=Nc2ccc(OC)cc2)sc1=S. The Bertz CT molecular complexity index is 1070.